The van der Waals surface area contributed by atoms with Crippen LogP contribution < -0.4 is 14.8 Å². The fourth-order valence-electron chi connectivity index (χ4n) is 2.10. The fraction of sp³-hybridized carbons (Fsp3) is 0.214. The van der Waals surface area contributed by atoms with Crippen LogP contribution in [-0.4, -0.2) is 23.6 Å². The van der Waals surface area contributed by atoms with Crippen LogP contribution in [0, 0.1) is 0 Å². The second-order valence-electron chi connectivity index (χ2n) is 4.33. The molecule has 0 aliphatic rings. The molecule has 1 N–H and O–H groups in total. The van der Waals surface area contributed by atoms with Crippen molar-refractivity contribution in [3.05, 3.63) is 40.5 Å². The molecule has 5 nitrogen and oxygen atoms in total. The molecule has 0 aliphatic carbocycles. The van der Waals surface area contributed by atoms with Crippen molar-refractivity contribution in [3.63, 3.8) is 0 Å². The molecule has 2 heterocycles. The lowest BCUT2D eigenvalue weighted by atomic mass is 10.3. The number of nitrogens with zero attached hydrogens (tertiary/aromatic N) is 2. The zero-order valence-electron chi connectivity index (χ0n) is 11.6. The topological polar surface area (TPSA) is 47.8 Å². The van der Waals surface area contributed by atoms with E-state index in [9.17, 15) is 0 Å². The predicted octanol–water partition coefficient (Wildman–Crippen LogP) is 3.68. The summed E-state index contributed by atoms with van der Waals surface area (Å²) in [5.74, 6) is 1.29. The Morgan fingerprint density at radius 2 is 2.19 bits per heavy atom. The number of benzene rings is 1. The molecule has 2 aromatic heterocycles. The zero-order valence-corrected chi connectivity index (χ0v) is 13.2. The Bertz CT molecular complexity index is 769. The van der Waals surface area contributed by atoms with Crippen molar-refractivity contribution < 1.29 is 9.47 Å². The van der Waals surface area contributed by atoms with Gasteiger partial charge in [-0.25, -0.2) is 0 Å². The van der Waals surface area contributed by atoms with E-state index in [2.05, 4.69) is 10.3 Å². The minimum atomic E-state index is 0.573. The Balaban J connectivity index is 1.82. The number of fused-ring (bicyclic) bond motifs is 1. The van der Waals surface area contributed by atoms with Gasteiger partial charge in [-0.3, -0.25) is 4.40 Å². The van der Waals surface area contributed by atoms with Gasteiger partial charge in [-0.1, -0.05) is 11.6 Å². The molecule has 0 radical (unpaired) electrons. The number of thiazole rings is 1. The summed E-state index contributed by atoms with van der Waals surface area (Å²) >= 11 is 7.69. The molecule has 3 aromatic rings. The summed E-state index contributed by atoms with van der Waals surface area (Å²) in [6.07, 6.45) is 1.98. The normalized spacial score (nSPS) is 10.8. The van der Waals surface area contributed by atoms with E-state index >= 15 is 0 Å². The first-order valence-electron chi connectivity index (χ1n) is 6.28. The zero-order chi connectivity index (χ0) is 14.8. The number of nitrogens with one attached hydrogen (secondary N) is 1. The summed E-state index contributed by atoms with van der Waals surface area (Å²) in [6.45, 7) is 0.587. The summed E-state index contributed by atoms with van der Waals surface area (Å²) in [4.78, 5) is 5.33. The molecule has 21 heavy (non-hydrogen) atoms. The summed E-state index contributed by atoms with van der Waals surface area (Å²) in [7, 11) is 3.22. The second kappa shape index (κ2) is 5.83. The highest BCUT2D eigenvalue weighted by Gasteiger charge is 2.13. The molecule has 0 atom stereocenters. The highest BCUT2D eigenvalue weighted by atomic mass is 35.5. The molecule has 0 saturated heterocycles. The van der Waals surface area contributed by atoms with E-state index < -0.39 is 0 Å². The van der Waals surface area contributed by atoms with Crippen LogP contribution in [0.4, 0.5) is 5.69 Å². The van der Waals surface area contributed by atoms with E-state index in [1.165, 1.54) is 0 Å². The van der Waals surface area contributed by atoms with E-state index in [0.717, 1.165) is 16.3 Å². The van der Waals surface area contributed by atoms with Crippen LogP contribution in [0.25, 0.3) is 4.96 Å². The van der Waals surface area contributed by atoms with Gasteiger partial charge in [0.15, 0.2) is 4.96 Å². The number of ether oxygens (including phenoxy) is 2. The van der Waals surface area contributed by atoms with Gasteiger partial charge in [-0.15, -0.1) is 11.3 Å². The largest absolute Gasteiger partial charge is 0.495 e. The van der Waals surface area contributed by atoms with Crippen molar-refractivity contribution in [2.45, 2.75) is 6.54 Å². The van der Waals surface area contributed by atoms with Crippen LogP contribution in [0.1, 0.15) is 5.69 Å². The van der Waals surface area contributed by atoms with Crippen molar-refractivity contribution >= 4 is 33.6 Å². The molecule has 1 aromatic carbocycles. The molecule has 7 heteroatoms. The van der Waals surface area contributed by atoms with Gasteiger partial charge in [-0.05, 0) is 18.2 Å². The molecule has 0 fully saturated rings. The molecular formula is C14H14ClN3O2S. The van der Waals surface area contributed by atoms with Gasteiger partial charge in [0.25, 0.3) is 0 Å². The summed E-state index contributed by atoms with van der Waals surface area (Å²) in [6, 6.07) is 5.58. The highest BCUT2D eigenvalue weighted by Crippen LogP contribution is 2.28. The maximum Gasteiger partial charge on any atom is 0.238 e. The fourth-order valence-corrected chi connectivity index (χ4v) is 3.08. The van der Waals surface area contributed by atoms with Crippen LogP contribution in [0.5, 0.6) is 11.6 Å². The molecule has 0 spiro atoms. The Morgan fingerprint density at radius 1 is 1.33 bits per heavy atom. The van der Waals surface area contributed by atoms with E-state index in [4.69, 9.17) is 21.1 Å². The Labute approximate surface area is 131 Å². The predicted molar refractivity (Wildman–Crippen MR) is 85.0 cm³/mol. The molecule has 0 aliphatic heterocycles. The molecule has 0 bridgehead atoms. The smallest absolute Gasteiger partial charge is 0.238 e. The van der Waals surface area contributed by atoms with Crippen molar-refractivity contribution in [3.8, 4) is 11.6 Å². The number of rotatable bonds is 5. The SMILES string of the molecule is COc1ccc(NCc2c(OC)nc3sccn23)cc1Cl. The quantitative estimate of drug-likeness (QED) is 0.778. The summed E-state index contributed by atoms with van der Waals surface area (Å²) in [5.41, 5.74) is 1.88. The van der Waals surface area contributed by atoms with Crippen LogP contribution in [0.3, 0.4) is 0 Å². The summed E-state index contributed by atoms with van der Waals surface area (Å²) < 4.78 is 12.5. The third-order valence-corrected chi connectivity index (χ3v) is 4.18. The van der Waals surface area contributed by atoms with Gasteiger partial charge in [0.1, 0.15) is 11.4 Å². The third-order valence-electron chi connectivity index (χ3n) is 3.13. The highest BCUT2D eigenvalue weighted by molar-refractivity contribution is 7.15. The minimum absolute atomic E-state index is 0.573. The Hall–Kier alpha value is -1.92. The van der Waals surface area contributed by atoms with Crippen molar-refractivity contribution in [2.24, 2.45) is 0 Å². The van der Waals surface area contributed by atoms with Gasteiger partial charge >= 0.3 is 0 Å². The van der Waals surface area contributed by atoms with Crippen LogP contribution in [0.2, 0.25) is 5.02 Å². The molecular weight excluding hydrogens is 310 g/mol. The van der Waals surface area contributed by atoms with Gasteiger partial charge in [-0.2, -0.15) is 4.98 Å². The lowest BCUT2D eigenvalue weighted by Gasteiger charge is -2.09. The van der Waals surface area contributed by atoms with Crippen LogP contribution in [0.15, 0.2) is 29.8 Å². The van der Waals surface area contributed by atoms with Crippen molar-refractivity contribution in [2.75, 3.05) is 19.5 Å². The number of imidazole rings is 1. The van der Waals surface area contributed by atoms with E-state index in [0.29, 0.717) is 23.2 Å². The number of anilines is 1. The minimum Gasteiger partial charge on any atom is -0.495 e. The van der Waals surface area contributed by atoms with Gasteiger partial charge < -0.3 is 14.8 Å². The lowest BCUT2D eigenvalue weighted by molar-refractivity contribution is 0.395. The number of hydrogen-bond donors (Lipinski definition) is 1. The standard InChI is InChI=1S/C14H14ClN3O2S/c1-19-12-4-3-9(7-10(12)15)16-8-11-13(20-2)17-14-18(11)5-6-21-14/h3-7,16H,8H2,1-2H3. The Kier molecular flexibility index (Phi) is 3.90. The second-order valence-corrected chi connectivity index (χ2v) is 5.61. The monoisotopic (exact) mass is 323 g/mol. The lowest BCUT2D eigenvalue weighted by Crippen LogP contribution is -2.03. The van der Waals surface area contributed by atoms with Crippen LogP contribution >= 0.6 is 22.9 Å². The average molecular weight is 324 g/mol. The first kappa shape index (κ1) is 14.0. The van der Waals surface area contributed by atoms with Gasteiger partial charge in [0.05, 0.1) is 25.8 Å². The third kappa shape index (κ3) is 2.64. The number of methoxy groups -OCH3 is 2. The molecule has 0 unspecified atom stereocenters. The number of hydrogen-bond acceptors (Lipinski definition) is 5. The first-order chi connectivity index (χ1) is 10.2. The van der Waals surface area contributed by atoms with E-state index in [1.54, 1.807) is 25.6 Å². The maximum atomic E-state index is 6.12. The summed E-state index contributed by atoms with van der Waals surface area (Å²) in [5, 5.41) is 5.89. The van der Waals surface area contributed by atoms with Gasteiger partial charge in [0, 0.05) is 17.3 Å². The first-order valence-corrected chi connectivity index (χ1v) is 7.54. The van der Waals surface area contributed by atoms with Crippen LogP contribution in [-0.2, 0) is 6.54 Å². The van der Waals surface area contributed by atoms with E-state index in [1.807, 2.05) is 34.2 Å². The average Bonchev–Trinajstić information content (AvgIpc) is 3.06. The Morgan fingerprint density at radius 3 is 2.90 bits per heavy atom. The van der Waals surface area contributed by atoms with E-state index in [-0.39, 0.29) is 0 Å². The van der Waals surface area contributed by atoms with Crippen molar-refractivity contribution in [1.82, 2.24) is 9.38 Å². The molecule has 0 saturated carbocycles. The molecule has 0 amide bonds. The van der Waals surface area contributed by atoms with Crippen molar-refractivity contribution in [1.29, 1.82) is 0 Å². The maximum absolute atomic E-state index is 6.12. The number of aromatic nitrogens is 2. The number of halogens is 1. The molecule has 3 rings (SSSR count). The molecule has 110 valence electrons. The van der Waals surface area contributed by atoms with Gasteiger partial charge in [0.2, 0.25) is 5.88 Å².